The van der Waals surface area contributed by atoms with E-state index in [1.54, 1.807) is 0 Å². The summed E-state index contributed by atoms with van der Waals surface area (Å²) in [6, 6.07) is 14.1. The van der Waals surface area contributed by atoms with Crippen LogP contribution in [0.15, 0.2) is 42.5 Å². The van der Waals surface area contributed by atoms with Crippen LogP contribution < -0.4 is 10.6 Å². The third-order valence-corrected chi connectivity index (χ3v) is 3.79. The Hall–Kier alpha value is -1.67. The Morgan fingerprint density at radius 2 is 2.00 bits per heavy atom. The summed E-state index contributed by atoms with van der Waals surface area (Å²) in [5, 5.41) is 0.829. The fraction of sp³-hybridized carbons (Fsp3) is 0.200. The lowest BCUT2D eigenvalue weighted by Crippen LogP contribution is -2.19. The lowest BCUT2D eigenvalue weighted by Gasteiger charge is -2.20. The lowest BCUT2D eigenvalue weighted by molar-refractivity contribution is 0.836. The third kappa shape index (κ3) is 2.04. The third-order valence-electron chi connectivity index (χ3n) is 3.42. The van der Waals surface area contributed by atoms with Crippen molar-refractivity contribution in [2.24, 2.45) is 0 Å². The van der Waals surface area contributed by atoms with Gasteiger partial charge in [0.2, 0.25) is 0 Å². The van der Waals surface area contributed by atoms with Crippen molar-refractivity contribution in [3.05, 3.63) is 58.6 Å². The van der Waals surface area contributed by atoms with Gasteiger partial charge in [0.05, 0.1) is 0 Å². The first-order valence-corrected chi connectivity index (χ1v) is 6.48. The van der Waals surface area contributed by atoms with E-state index < -0.39 is 0 Å². The van der Waals surface area contributed by atoms with Gasteiger partial charge >= 0.3 is 0 Å². The largest absolute Gasteiger partial charge is 0.399 e. The molecule has 0 bridgehead atoms. The second-order valence-electron chi connectivity index (χ2n) is 4.65. The zero-order valence-corrected chi connectivity index (χ0v) is 10.8. The van der Waals surface area contributed by atoms with Gasteiger partial charge < -0.3 is 10.6 Å². The number of anilines is 2. The maximum atomic E-state index is 6.21. The predicted octanol–water partition coefficient (Wildman–Crippen LogP) is 3.48. The van der Waals surface area contributed by atoms with E-state index in [1.165, 1.54) is 11.3 Å². The Morgan fingerprint density at radius 3 is 2.83 bits per heavy atom. The molecule has 0 radical (unpaired) electrons. The molecule has 92 valence electrons. The smallest absolute Gasteiger partial charge is 0.0455 e. The van der Waals surface area contributed by atoms with Crippen LogP contribution in [-0.4, -0.2) is 6.54 Å². The van der Waals surface area contributed by atoms with Crippen LogP contribution in [0.4, 0.5) is 11.4 Å². The van der Waals surface area contributed by atoms with Crippen molar-refractivity contribution in [2.45, 2.75) is 13.0 Å². The van der Waals surface area contributed by atoms with Crippen LogP contribution in [0.2, 0.25) is 5.02 Å². The maximum Gasteiger partial charge on any atom is 0.0455 e. The van der Waals surface area contributed by atoms with E-state index in [1.807, 2.05) is 24.3 Å². The minimum absolute atomic E-state index is 0.819. The molecule has 3 heteroatoms. The Bertz CT molecular complexity index is 580. The number of halogens is 1. The van der Waals surface area contributed by atoms with Crippen molar-refractivity contribution in [1.29, 1.82) is 0 Å². The van der Waals surface area contributed by atoms with Gasteiger partial charge in [0, 0.05) is 29.5 Å². The second-order valence-corrected chi connectivity index (χ2v) is 5.06. The zero-order valence-electron chi connectivity index (χ0n) is 10.1. The van der Waals surface area contributed by atoms with Gasteiger partial charge in [-0.05, 0) is 35.7 Å². The second kappa shape index (κ2) is 4.54. The number of hydrogen-bond donors (Lipinski definition) is 1. The number of rotatable bonds is 2. The number of nitrogens with two attached hydrogens (primary N) is 1. The molecule has 1 heterocycles. The summed E-state index contributed by atoms with van der Waals surface area (Å²) in [5.74, 6) is 0. The van der Waals surface area contributed by atoms with Crippen LogP contribution >= 0.6 is 11.6 Å². The molecule has 0 saturated heterocycles. The monoisotopic (exact) mass is 258 g/mol. The highest BCUT2D eigenvalue weighted by atomic mass is 35.5. The van der Waals surface area contributed by atoms with Crippen molar-refractivity contribution in [1.82, 2.24) is 0 Å². The average molecular weight is 259 g/mol. The number of hydrogen-bond acceptors (Lipinski definition) is 2. The topological polar surface area (TPSA) is 29.3 Å². The summed E-state index contributed by atoms with van der Waals surface area (Å²) in [6.45, 7) is 1.88. The maximum absolute atomic E-state index is 6.21. The van der Waals surface area contributed by atoms with Gasteiger partial charge in [0.1, 0.15) is 0 Å². The first kappa shape index (κ1) is 11.4. The molecular weight excluding hydrogens is 244 g/mol. The van der Waals surface area contributed by atoms with Crippen molar-refractivity contribution in [3.63, 3.8) is 0 Å². The van der Waals surface area contributed by atoms with Gasteiger partial charge in [-0.25, -0.2) is 0 Å². The highest BCUT2D eigenvalue weighted by Crippen LogP contribution is 2.32. The van der Waals surface area contributed by atoms with E-state index in [2.05, 4.69) is 23.1 Å². The fourth-order valence-corrected chi connectivity index (χ4v) is 2.65. The minimum atomic E-state index is 0.819. The quantitative estimate of drug-likeness (QED) is 0.836. The first-order chi connectivity index (χ1) is 8.74. The highest BCUT2D eigenvalue weighted by Gasteiger charge is 2.19. The van der Waals surface area contributed by atoms with Crippen LogP contribution in [0.1, 0.15) is 11.1 Å². The van der Waals surface area contributed by atoms with Crippen molar-refractivity contribution >= 4 is 23.0 Å². The van der Waals surface area contributed by atoms with Gasteiger partial charge in [0.25, 0.3) is 0 Å². The summed E-state index contributed by atoms with van der Waals surface area (Å²) < 4.78 is 0. The Kier molecular flexibility index (Phi) is 2.88. The molecule has 0 spiro atoms. The number of nitrogen functional groups attached to an aromatic ring is 1. The standard InChI is InChI=1S/C15H15ClN2/c16-14-4-2-1-3-12(14)10-18-8-7-11-5-6-13(17)9-15(11)18/h1-6,9H,7-8,10,17H2. The molecule has 0 saturated carbocycles. The summed E-state index contributed by atoms with van der Waals surface area (Å²) in [7, 11) is 0. The minimum Gasteiger partial charge on any atom is -0.399 e. The zero-order chi connectivity index (χ0) is 12.5. The number of benzene rings is 2. The molecule has 0 unspecified atom stereocenters. The van der Waals surface area contributed by atoms with Crippen LogP contribution in [-0.2, 0) is 13.0 Å². The van der Waals surface area contributed by atoms with Gasteiger partial charge in [-0.15, -0.1) is 0 Å². The summed E-state index contributed by atoms with van der Waals surface area (Å²) >= 11 is 6.21. The van der Waals surface area contributed by atoms with Crippen molar-refractivity contribution in [3.8, 4) is 0 Å². The summed E-state index contributed by atoms with van der Waals surface area (Å²) in [6.07, 6.45) is 1.08. The molecule has 18 heavy (non-hydrogen) atoms. The molecule has 3 rings (SSSR count). The van der Waals surface area contributed by atoms with Gasteiger partial charge in [-0.3, -0.25) is 0 Å². The van der Waals surface area contributed by atoms with Gasteiger partial charge in [-0.1, -0.05) is 35.9 Å². The fourth-order valence-electron chi connectivity index (χ4n) is 2.46. The molecule has 2 aromatic rings. The molecule has 0 aromatic heterocycles. The molecule has 0 atom stereocenters. The van der Waals surface area contributed by atoms with Gasteiger partial charge in [-0.2, -0.15) is 0 Å². The summed E-state index contributed by atoms with van der Waals surface area (Å²) in [5.41, 5.74) is 10.5. The molecule has 0 amide bonds. The van der Waals surface area contributed by atoms with Crippen molar-refractivity contribution in [2.75, 3.05) is 17.2 Å². The van der Waals surface area contributed by atoms with E-state index in [0.29, 0.717) is 0 Å². The molecule has 0 fully saturated rings. The Balaban J connectivity index is 1.89. The van der Waals surface area contributed by atoms with E-state index in [0.717, 1.165) is 35.8 Å². The number of nitrogens with zero attached hydrogens (tertiary/aromatic N) is 1. The molecule has 1 aliphatic heterocycles. The van der Waals surface area contributed by atoms with Crippen LogP contribution in [0.25, 0.3) is 0 Å². The highest BCUT2D eigenvalue weighted by molar-refractivity contribution is 6.31. The molecule has 1 aliphatic rings. The van der Waals surface area contributed by atoms with Crippen molar-refractivity contribution < 1.29 is 0 Å². The normalized spacial score (nSPS) is 13.7. The Morgan fingerprint density at radius 1 is 1.17 bits per heavy atom. The van der Waals surface area contributed by atoms with E-state index in [9.17, 15) is 0 Å². The van der Waals surface area contributed by atoms with E-state index >= 15 is 0 Å². The van der Waals surface area contributed by atoms with Crippen LogP contribution in [0.5, 0.6) is 0 Å². The van der Waals surface area contributed by atoms with Crippen LogP contribution in [0, 0.1) is 0 Å². The molecule has 2 nitrogen and oxygen atoms in total. The molecule has 2 aromatic carbocycles. The average Bonchev–Trinajstić information content (AvgIpc) is 2.75. The number of fused-ring (bicyclic) bond motifs is 1. The Labute approximate surface area is 112 Å². The van der Waals surface area contributed by atoms with E-state index in [4.69, 9.17) is 17.3 Å². The summed E-state index contributed by atoms with van der Waals surface area (Å²) in [4.78, 5) is 2.34. The van der Waals surface area contributed by atoms with Crippen LogP contribution in [0.3, 0.4) is 0 Å². The molecule has 2 N–H and O–H groups in total. The molecule has 0 aliphatic carbocycles. The van der Waals surface area contributed by atoms with Gasteiger partial charge in [0.15, 0.2) is 0 Å². The predicted molar refractivity (Wildman–Crippen MR) is 77.1 cm³/mol. The first-order valence-electron chi connectivity index (χ1n) is 6.11. The van der Waals surface area contributed by atoms with E-state index in [-0.39, 0.29) is 0 Å². The lowest BCUT2D eigenvalue weighted by atomic mass is 10.1. The molecular formula is C15H15ClN2. The SMILES string of the molecule is Nc1ccc2c(c1)N(Cc1ccccc1Cl)CC2.